The van der Waals surface area contributed by atoms with Gasteiger partial charge in [0.25, 0.3) is 5.91 Å². The van der Waals surface area contributed by atoms with E-state index in [2.05, 4.69) is 5.32 Å². The molecule has 0 aromatic heterocycles. The van der Waals surface area contributed by atoms with Gasteiger partial charge < -0.3 is 24.4 Å². The summed E-state index contributed by atoms with van der Waals surface area (Å²) in [5.41, 5.74) is 0.598. The number of carbonyl (C=O) groups excluding carboxylic acids is 3. The summed E-state index contributed by atoms with van der Waals surface area (Å²) in [6.45, 7) is 1.67. The van der Waals surface area contributed by atoms with Crippen LogP contribution in [-0.4, -0.2) is 63.6 Å². The van der Waals surface area contributed by atoms with Crippen LogP contribution in [0, 0.1) is 0 Å². The number of rotatable bonds is 9. The van der Waals surface area contributed by atoms with Crippen LogP contribution in [0.5, 0.6) is 11.5 Å². The molecule has 0 radical (unpaired) electrons. The van der Waals surface area contributed by atoms with Crippen molar-refractivity contribution in [2.75, 3.05) is 41.0 Å². The molecule has 2 amide bonds. The minimum absolute atomic E-state index is 0.118. The van der Waals surface area contributed by atoms with Crippen molar-refractivity contribution in [1.82, 2.24) is 10.2 Å². The summed E-state index contributed by atoms with van der Waals surface area (Å²) in [7, 11) is 4.39. The normalized spacial score (nSPS) is 10.4. The molecule has 1 aromatic carbocycles. The molecule has 0 unspecified atom stereocenters. The molecule has 27 heavy (non-hydrogen) atoms. The van der Waals surface area contributed by atoms with Crippen molar-refractivity contribution < 1.29 is 28.6 Å². The first-order valence-electron chi connectivity index (χ1n) is 8.12. The van der Waals surface area contributed by atoms with Crippen LogP contribution in [0.15, 0.2) is 18.2 Å². The number of esters is 1. The Hall–Kier alpha value is -2.74. The number of likely N-dealkylation sites (N-methyl/N-ethyl adjacent to an activating group) is 2. The maximum absolute atomic E-state index is 11.8. The fraction of sp³-hybridized carbons (Fsp3) is 0.389. The average Bonchev–Trinajstić information content (AvgIpc) is 2.65. The first-order chi connectivity index (χ1) is 12.8. The van der Waals surface area contributed by atoms with Gasteiger partial charge in [-0.15, -0.1) is 0 Å². The van der Waals surface area contributed by atoms with Gasteiger partial charge in [-0.3, -0.25) is 9.59 Å². The second-order valence-electron chi connectivity index (χ2n) is 5.33. The molecule has 9 heteroatoms. The molecular formula is C18H23ClN2O6. The third-order valence-corrected chi connectivity index (χ3v) is 3.66. The molecule has 0 bridgehead atoms. The van der Waals surface area contributed by atoms with Crippen LogP contribution >= 0.6 is 11.6 Å². The summed E-state index contributed by atoms with van der Waals surface area (Å²) in [5, 5.41) is 2.74. The summed E-state index contributed by atoms with van der Waals surface area (Å²) in [4.78, 5) is 36.0. The van der Waals surface area contributed by atoms with E-state index in [0.717, 1.165) is 11.0 Å². The molecule has 0 heterocycles. The Bertz CT molecular complexity index is 720. The van der Waals surface area contributed by atoms with Gasteiger partial charge in [-0.2, -0.15) is 0 Å². The van der Waals surface area contributed by atoms with E-state index in [1.54, 1.807) is 12.1 Å². The lowest BCUT2D eigenvalue weighted by molar-refractivity contribution is -0.148. The second-order valence-corrected chi connectivity index (χ2v) is 5.74. The number of nitrogens with one attached hydrogen (secondary N) is 1. The Morgan fingerprint density at radius 1 is 1.30 bits per heavy atom. The van der Waals surface area contributed by atoms with Gasteiger partial charge in [0.2, 0.25) is 5.91 Å². The summed E-state index contributed by atoms with van der Waals surface area (Å²) in [6, 6.07) is 3.27. The van der Waals surface area contributed by atoms with Gasteiger partial charge in [0.15, 0.2) is 18.1 Å². The first kappa shape index (κ1) is 22.3. The van der Waals surface area contributed by atoms with E-state index in [9.17, 15) is 14.4 Å². The number of ether oxygens (including phenoxy) is 3. The Balaban J connectivity index is 2.67. The molecule has 148 valence electrons. The Morgan fingerprint density at radius 3 is 2.59 bits per heavy atom. The highest BCUT2D eigenvalue weighted by molar-refractivity contribution is 6.32. The van der Waals surface area contributed by atoms with E-state index in [1.807, 2.05) is 6.92 Å². The van der Waals surface area contributed by atoms with Crippen LogP contribution in [-0.2, 0) is 19.1 Å². The van der Waals surface area contributed by atoms with Crippen molar-refractivity contribution in [2.45, 2.75) is 6.92 Å². The Morgan fingerprint density at radius 2 is 2.00 bits per heavy atom. The lowest BCUT2D eigenvalue weighted by Crippen LogP contribution is -2.38. The van der Waals surface area contributed by atoms with Crippen LogP contribution in [0.1, 0.15) is 12.5 Å². The third-order valence-electron chi connectivity index (χ3n) is 3.38. The van der Waals surface area contributed by atoms with Crippen molar-refractivity contribution in [1.29, 1.82) is 0 Å². The summed E-state index contributed by atoms with van der Waals surface area (Å²) in [6.07, 6.45) is 2.64. The molecule has 0 aliphatic carbocycles. The number of hydrogen-bond donors (Lipinski definition) is 1. The van der Waals surface area contributed by atoms with Gasteiger partial charge in [0.05, 0.1) is 25.3 Å². The second kappa shape index (κ2) is 11.1. The highest BCUT2D eigenvalue weighted by Crippen LogP contribution is 2.36. The standard InChI is InChI=1S/C18H23ClN2O6/c1-5-26-18-13(19)8-12(9-14(18)25-4)6-7-17(24)27-11-16(23)21(3)10-15(22)20-2/h6-9H,5,10-11H2,1-4H3,(H,20,22)/b7-6+. The molecule has 8 nitrogen and oxygen atoms in total. The average molecular weight is 399 g/mol. The van der Waals surface area contributed by atoms with Gasteiger partial charge >= 0.3 is 5.97 Å². The smallest absolute Gasteiger partial charge is 0.331 e. The van der Waals surface area contributed by atoms with Crippen molar-refractivity contribution in [3.63, 3.8) is 0 Å². The predicted molar refractivity (Wildman–Crippen MR) is 101 cm³/mol. The van der Waals surface area contributed by atoms with Crippen molar-refractivity contribution in [2.24, 2.45) is 0 Å². The van der Waals surface area contributed by atoms with E-state index in [1.165, 1.54) is 27.3 Å². The third kappa shape index (κ3) is 7.18. The van der Waals surface area contributed by atoms with E-state index in [0.29, 0.717) is 28.7 Å². The Labute approximate surface area is 163 Å². The van der Waals surface area contributed by atoms with Crippen molar-refractivity contribution >= 4 is 35.5 Å². The largest absolute Gasteiger partial charge is 0.493 e. The SMILES string of the molecule is CCOc1c(Cl)cc(/C=C/C(=O)OCC(=O)N(C)CC(=O)NC)cc1OC. The number of hydrogen-bond acceptors (Lipinski definition) is 6. The molecule has 1 rings (SSSR count). The predicted octanol–water partition coefficient (Wildman–Crippen LogP) is 1.51. The van der Waals surface area contributed by atoms with E-state index in [-0.39, 0.29) is 12.5 Å². The zero-order valence-electron chi connectivity index (χ0n) is 15.7. The molecule has 0 fully saturated rings. The maximum Gasteiger partial charge on any atom is 0.331 e. The number of methoxy groups -OCH3 is 1. The molecule has 0 saturated carbocycles. The maximum atomic E-state index is 11.8. The van der Waals surface area contributed by atoms with Crippen LogP contribution in [0.2, 0.25) is 5.02 Å². The van der Waals surface area contributed by atoms with Gasteiger partial charge in [0, 0.05) is 20.2 Å². The van der Waals surface area contributed by atoms with Crippen LogP contribution in [0.4, 0.5) is 0 Å². The summed E-state index contributed by atoms with van der Waals surface area (Å²) in [5.74, 6) is -0.667. The summed E-state index contributed by atoms with van der Waals surface area (Å²) < 4.78 is 15.5. The molecule has 0 aliphatic rings. The number of nitrogens with zero attached hydrogens (tertiary/aromatic N) is 1. The minimum atomic E-state index is -0.708. The molecule has 0 saturated heterocycles. The molecule has 0 spiro atoms. The minimum Gasteiger partial charge on any atom is -0.493 e. The molecule has 0 aliphatic heterocycles. The van der Waals surface area contributed by atoms with Crippen LogP contribution in [0.25, 0.3) is 6.08 Å². The van der Waals surface area contributed by atoms with Gasteiger partial charge in [-0.25, -0.2) is 4.79 Å². The van der Waals surface area contributed by atoms with E-state index in [4.69, 9.17) is 25.8 Å². The zero-order chi connectivity index (χ0) is 20.4. The number of carbonyl (C=O) groups is 3. The molecule has 0 atom stereocenters. The Kier molecular flexibility index (Phi) is 9.15. The van der Waals surface area contributed by atoms with Crippen molar-refractivity contribution in [3.05, 3.63) is 28.8 Å². The number of benzene rings is 1. The highest BCUT2D eigenvalue weighted by Gasteiger charge is 2.14. The lowest BCUT2D eigenvalue weighted by Gasteiger charge is -2.15. The van der Waals surface area contributed by atoms with Gasteiger partial charge in [-0.05, 0) is 30.7 Å². The quantitative estimate of drug-likeness (QED) is 0.500. The fourth-order valence-electron chi connectivity index (χ4n) is 1.96. The van der Waals surface area contributed by atoms with Gasteiger partial charge in [-0.1, -0.05) is 11.6 Å². The fourth-order valence-corrected chi connectivity index (χ4v) is 2.23. The van der Waals surface area contributed by atoms with Gasteiger partial charge in [0.1, 0.15) is 0 Å². The van der Waals surface area contributed by atoms with Crippen LogP contribution in [0.3, 0.4) is 0 Å². The van der Waals surface area contributed by atoms with E-state index < -0.39 is 18.5 Å². The molecular weight excluding hydrogens is 376 g/mol. The van der Waals surface area contributed by atoms with Crippen molar-refractivity contribution in [3.8, 4) is 11.5 Å². The van der Waals surface area contributed by atoms with E-state index >= 15 is 0 Å². The monoisotopic (exact) mass is 398 g/mol. The highest BCUT2D eigenvalue weighted by atomic mass is 35.5. The zero-order valence-corrected chi connectivity index (χ0v) is 16.5. The number of halogens is 1. The molecule has 1 N–H and O–H groups in total. The van der Waals surface area contributed by atoms with Crippen LogP contribution < -0.4 is 14.8 Å². The molecule has 1 aromatic rings. The topological polar surface area (TPSA) is 94.2 Å². The summed E-state index contributed by atoms with van der Waals surface area (Å²) >= 11 is 6.16. The first-order valence-corrected chi connectivity index (χ1v) is 8.49. The number of amides is 2. The lowest BCUT2D eigenvalue weighted by atomic mass is 10.2.